The molecule has 0 unspecified atom stereocenters. The molecule has 7 heavy (non-hydrogen) atoms. The van der Waals surface area contributed by atoms with Crippen LogP contribution in [0.3, 0.4) is 0 Å². The molecule has 0 aliphatic rings. The van der Waals surface area contributed by atoms with Crippen molar-refractivity contribution in [3.63, 3.8) is 0 Å². The fourth-order valence-electron chi connectivity index (χ4n) is 0. The molecule has 0 spiro atoms. The Morgan fingerprint density at radius 1 is 1.29 bits per heavy atom. The summed E-state index contributed by atoms with van der Waals surface area (Å²) in [6, 6.07) is 0. The average molecular weight is 192 g/mol. The van der Waals surface area contributed by atoms with Gasteiger partial charge in [-0.05, 0) is 0 Å². The van der Waals surface area contributed by atoms with Crippen molar-refractivity contribution in [3.05, 3.63) is 0 Å². The molecule has 0 bridgehead atoms. The largest absolute Gasteiger partial charge is 1.00 e. The van der Waals surface area contributed by atoms with Gasteiger partial charge in [-0.15, -0.1) is 11.7 Å². The molecule has 0 aliphatic carbocycles. The first-order valence-corrected chi connectivity index (χ1v) is 3.44. The van der Waals surface area contributed by atoms with Crippen LogP contribution in [-0.4, -0.2) is 13.3 Å². The van der Waals surface area contributed by atoms with Gasteiger partial charge >= 0.3 is 103 Å². The molecule has 0 amide bonds. The van der Waals surface area contributed by atoms with Crippen molar-refractivity contribution in [2.24, 2.45) is 0 Å². The summed E-state index contributed by atoms with van der Waals surface area (Å²) < 4.78 is 26.9. The molecule has 7 heteroatoms. The summed E-state index contributed by atoms with van der Waals surface area (Å²) in [4.78, 5) is 0. The van der Waals surface area contributed by atoms with Gasteiger partial charge in [0.1, 0.15) is 0 Å². The van der Waals surface area contributed by atoms with Crippen LogP contribution in [-0.2, 0) is 9.53 Å². The van der Waals surface area contributed by atoms with Gasteiger partial charge < -0.3 is 13.3 Å². The van der Waals surface area contributed by atoms with Crippen molar-refractivity contribution in [2.45, 2.75) is 0 Å². The minimum atomic E-state index is -4.44. The Morgan fingerprint density at radius 3 is 1.29 bits per heavy atom. The first kappa shape index (κ1) is 17.0. The van der Waals surface area contributed by atoms with E-state index in [0.717, 1.165) is 0 Å². The monoisotopic (exact) mass is 192 g/mol. The van der Waals surface area contributed by atoms with E-state index in [2.05, 4.69) is 11.7 Å². The van der Waals surface area contributed by atoms with Crippen molar-refractivity contribution in [1.29, 1.82) is 0 Å². The molecule has 0 aromatic rings. The predicted octanol–water partition coefficient (Wildman–Crippen LogP) is -6.88. The molecule has 0 aromatic carbocycles. The zero-order chi connectivity index (χ0) is 4.50. The Kier molecular flexibility index (Phi) is 18.9. The van der Waals surface area contributed by atoms with E-state index in [9.17, 15) is 0 Å². The minimum absolute atomic E-state index is 0. The van der Waals surface area contributed by atoms with Crippen LogP contribution in [0.4, 0.5) is 0 Å². The van der Waals surface area contributed by atoms with Crippen molar-refractivity contribution in [1.82, 2.24) is 0 Å². The van der Waals surface area contributed by atoms with Gasteiger partial charge in [0.15, 0.2) is 0 Å². The standard InChI is InChI=1S/2K.H4O3S2/c;;1-5(2,3)4/h;;5H,(H3,1,2,3,4)/q2*+1;/p-2. The van der Waals surface area contributed by atoms with Crippen LogP contribution < -0.4 is 103 Å². The Hall–Kier alpha value is 3.69. The third kappa shape index (κ3) is 42.1. The maximum atomic E-state index is 8.97. The van der Waals surface area contributed by atoms with Crippen LogP contribution in [0.15, 0.2) is 0 Å². The molecule has 0 heterocycles. The van der Waals surface area contributed by atoms with Crippen LogP contribution in [0.1, 0.15) is 0 Å². The molecule has 0 aromatic heterocycles. The van der Waals surface area contributed by atoms with E-state index in [4.69, 9.17) is 13.3 Å². The Bertz CT molecular complexity index is 57.1. The van der Waals surface area contributed by atoms with Crippen molar-refractivity contribution in [3.8, 4) is 0 Å². The summed E-state index contributed by atoms with van der Waals surface area (Å²) in [6.45, 7) is 0. The Morgan fingerprint density at radius 2 is 1.29 bits per heavy atom. The maximum absolute atomic E-state index is 8.97. The molecule has 3 nitrogen and oxygen atoms in total. The summed E-state index contributed by atoms with van der Waals surface area (Å²) in [5.74, 6) is 0. The molecule has 0 radical (unpaired) electrons. The van der Waals surface area contributed by atoms with Gasteiger partial charge in [-0.2, -0.15) is 9.53 Å². The van der Waals surface area contributed by atoms with E-state index in [1.807, 2.05) is 0 Å². The zero-order valence-corrected chi connectivity index (χ0v) is 12.2. The van der Waals surface area contributed by atoms with Gasteiger partial charge in [0, 0.05) is 0 Å². The summed E-state index contributed by atoms with van der Waals surface area (Å²) in [7, 11) is -4.44. The third-order valence-electron chi connectivity index (χ3n) is 0. The van der Waals surface area contributed by atoms with Gasteiger partial charge in [-0.1, -0.05) is 0 Å². The van der Waals surface area contributed by atoms with E-state index >= 15 is 0 Å². The second-order valence-corrected chi connectivity index (χ2v) is 2.88. The smallest absolute Gasteiger partial charge is 0.793 e. The molecule has 0 fully saturated rings. The maximum Gasteiger partial charge on any atom is 1.00 e. The first-order valence-electron chi connectivity index (χ1n) is 0.748. The number of hydrogen-bond donors (Lipinski definition) is 2. The van der Waals surface area contributed by atoms with Gasteiger partial charge in [0.05, 0.1) is 0 Å². The van der Waals surface area contributed by atoms with Gasteiger partial charge in [-0.25, -0.2) is 0 Å². The van der Waals surface area contributed by atoms with Crippen LogP contribution in [0, 0.1) is 0 Å². The second-order valence-electron chi connectivity index (χ2n) is 0.469. The number of rotatable bonds is 0. The fourth-order valence-corrected chi connectivity index (χ4v) is 0. The van der Waals surface area contributed by atoms with Crippen LogP contribution in [0.2, 0.25) is 0 Å². The molecule has 0 rings (SSSR count). The van der Waals surface area contributed by atoms with Crippen LogP contribution in [0.5, 0.6) is 0 Å². The molecule has 0 atom stereocenters. The predicted molar refractivity (Wildman–Crippen MR) is 20.1 cm³/mol. The summed E-state index contributed by atoms with van der Waals surface area (Å²) in [5.41, 5.74) is 0. The van der Waals surface area contributed by atoms with E-state index in [0.29, 0.717) is 0 Å². The van der Waals surface area contributed by atoms with E-state index in [1.54, 1.807) is 0 Å². The van der Waals surface area contributed by atoms with Crippen molar-refractivity contribution in [2.75, 3.05) is 0 Å². The number of thiol groups is 2. The first-order chi connectivity index (χ1) is 2.00. The van der Waals surface area contributed by atoms with Crippen LogP contribution in [0.25, 0.3) is 0 Å². The Balaban J connectivity index is -0.0000000800. The van der Waals surface area contributed by atoms with E-state index < -0.39 is 9.53 Å². The van der Waals surface area contributed by atoms with Gasteiger partial charge in [0.2, 0.25) is 0 Å². The van der Waals surface area contributed by atoms with Crippen molar-refractivity contribution >= 4 is 21.2 Å². The summed E-state index contributed by atoms with van der Waals surface area (Å²) >= 11 is 2.57. The SMILES string of the molecule is O=[SH]([O-])([O-])S.[K+].[K+]. The number of hydrogen-bond acceptors (Lipinski definition) is 3. The zero-order valence-electron chi connectivity index (χ0n) is 4.12. The van der Waals surface area contributed by atoms with E-state index in [-0.39, 0.29) is 103 Å². The minimum Gasteiger partial charge on any atom is -0.793 e. The molecular formula is H2K2O3S2. The van der Waals surface area contributed by atoms with Crippen molar-refractivity contribution < 1.29 is 116 Å². The third-order valence-corrected chi connectivity index (χ3v) is 0. The molecule has 0 aliphatic heterocycles. The van der Waals surface area contributed by atoms with Crippen LogP contribution >= 0.6 is 11.7 Å². The quantitative estimate of drug-likeness (QED) is 0.228. The fraction of sp³-hybridized carbons (Fsp3) is 0. The molecular weight excluding hydrogens is 190 g/mol. The topological polar surface area (TPSA) is 63.2 Å². The normalized spacial score (nSPS) is 10.7. The summed E-state index contributed by atoms with van der Waals surface area (Å²) in [5, 5.41) is 0. The molecule has 0 saturated carbocycles. The van der Waals surface area contributed by atoms with Gasteiger partial charge in [-0.3, -0.25) is 0 Å². The molecule has 0 saturated heterocycles. The van der Waals surface area contributed by atoms with E-state index in [1.165, 1.54) is 0 Å². The second kappa shape index (κ2) is 7.80. The molecule has 0 N–H and O–H groups in total. The molecule has 34 valence electrons. The van der Waals surface area contributed by atoms with Gasteiger partial charge in [0.25, 0.3) is 0 Å². The summed E-state index contributed by atoms with van der Waals surface area (Å²) in [6.07, 6.45) is 0. The Labute approximate surface area is 133 Å². The average Bonchev–Trinajstić information content (AvgIpc) is 0.722.